The first kappa shape index (κ1) is 21.9. The normalized spacial score (nSPS) is 13.5. The minimum Gasteiger partial charge on any atom is -0.492 e. The van der Waals surface area contributed by atoms with Crippen molar-refractivity contribution in [1.82, 2.24) is 14.7 Å². The highest BCUT2D eigenvalue weighted by Gasteiger charge is 2.22. The first-order valence-electron chi connectivity index (χ1n) is 10.4. The van der Waals surface area contributed by atoms with Crippen LogP contribution in [0, 0.1) is 17.2 Å². The van der Waals surface area contributed by atoms with Gasteiger partial charge in [0.2, 0.25) is 10.0 Å². The van der Waals surface area contributed by atoms with Crippen LogP contribution in [-0.2, 0) is 22.2 Å². The fourth-order valence-electron chi connectivity index (χ4n) is 3.27. The second kappa shape index (κ2) is 9.47. The SMILES string of the molecule is CNS(=O)(=O)Cc1ccc(Cc2nccc(-c3ccc(OCC4CC4)c(C#N)c3)n2)cc1. The highest BCUT2D eigenvalue weighted by Crippen LogP contribution is 2.31. The Kier molecular flexibility index (Phi) is 6.49. The lowest BCUT2D eigenvalue weighted by molar-refractivity contribution is 0.299. The Morgan fingerprint density at radius 3 is 2.56 bits per heavy atom. The molecule has 1 aliphatic carbocycles. The van der Waals surface area contributed by atoms with Crippen molar-refractivity contribution in [3.8, 4) is 23.1 Å². The number of rotatable bonds is 9. The van der Waals surface area contributed by atoms with Gasteiger partial charge in [0.15, 0.2) is 0 Å². The third-order valence-corrected chi connectivity index (χ3v) is 6.66. The minimum atomic E-state index is -3.30. The second-order valence-corrected chi connectivity index (χ2v) is 9.82. The molecule has 1 aromatic heterocycles. The van der Waals surface area contributed by atoms with Crippen LogP contribution in [0.2, 0.25) is 0 Å². The summed E-state index contributed by atoms with van der Waals surface area (Å²) < 4.78 is 31.5. The molecule has 1 aliphatic rings. The molecule has 1 fully saturated rings. The molecule has 2 aromatic carbocycles. The van der Waals surface area contributed by atoms with Gasteiger partial charge < -0.3 is 4.74 Å². The third kappa shape index (κ3) is 5.69. The lowest BCUT2D eigenvalue weighted by Crippen LogP contribution is -2.20. The fraction of sp³-hybridized carbons (Fsp3) is 0.292. The van der Waals surface area contributed by atoms with Gasteiger partial charge in [-0.15, -0.1) is 0 Å². The van der Waals surface area contributed by atoms with Crippen LogP contribution < -0.4 is 9.46 Å². The van der Waals surface area contributed by atoms with Gasteiger partial charge in [0.25, 0.3) is 0 Å². The molecule has 1 saturated carbocycles. The van der Waals surface area contributed by atoms with Crippen molar-refractivity contribution in [2.24, 2.45) is 5.92 Å². The topological polar surface area (TPSA) is 105 Å². The molecule has 0 atom stereocenters. The molecular formula is C24H24N4O3S. The van der Waals surface area contributed by atoms with Crippen LogP contribution >= 0.6 is 0 Å². The van der Waals surface area contributed by atoms with Gasteiger partial charge in [-0.25, -0.2) is 23.1 Å². The molecule has 0 amide bonds. The first-order valence-corrected chi connectivity index (χ1v) is 12.1. The number of sulfonamides is 1. The standard InChI is InChI=1S/C24H24N4O3S/c1-26-32(29,30)16-19-6-2-17(3-7-19)12-24-27-11-10-22(28-24)20-8-9-23(21(13-20)14-25)31-15-18-4-5-18/h2-3,6-11,13,18,26H,4-5,12,15-16H2,1H3. The molecule has 0 radical (unpaired) electrons. The minimum absolute atomic E-state index is 0.0582. The number of nitrogens with one attached hydrogen (secondary N) is 1. The number of ether oxygens (including phenoxy) is 1. The predicted octanol–water partition coefficient (Wildman–Crippen LogP) is 3.44. The lowest BCUT2D eigenvalue weighted by atomic mass is 10.1. The summed E-state index contributed by atoms with van der Waals surface area (Å²) in [7, 11) is -1.90. The summed E-state index contributed by atoms with van der Waals surface area (Å²) in [5, 5.41) is 9.52. The van der Waals surface area contributed by atoms with Crippen LogP contribution in [0.15, 0.2) is 54.7 Å². The summed E-state index contributed by atoms with van der Waals surface area (Å²) in [5.74, 6) is 1.81. The number of benzene rings is 2. The van der Waals surface area contributed by atoms with E-state index in [0.717, 1.165) is 16.8 Å². The van der Waals surface area contributed by atoms with Crippen molar-refractivity contribution in [2.75, 3.05) is 13.7 Å². The molecule has 0 bridgehead atoms. The van der Waals surface area contributed by atoms with Crippen molar-refractivity contribution in [2.45, 2.75) is 25.0 Å². The molecule has 32 heavy (non-hydrogen) atoms. The molecular weight excluding hydrogens is 424 g/mol. The largest absolute Gasteiger partial charge is 0.492 e. The van der Waals surface area contributed by atoms with Gasteiger partial charge in [-0.1, -0.05) is 24.3 Å². The van der Waals surface area contributed by atoms with E-state index in [4.69, 9.17) is 4.74 Å². The van der Waals surface area contributed by atoms with Crippen molar-refractivity contribution >= 4 is 10.0 Å². The molecule has 4 rings (SSSR count). The van der Waals surface area contributed by atoms with Gasteiger partial charge in [0, 0.05) is 18.2 Å². The van der Waals surface area contributed by atoms with Crippen molar-refractivity contribution in [1.29, 1.82) is 5.26 Å². The van der Waals surface area contributed by atoms with Gasteiger partial charge in [0.05, 0.1) is 23.6 Å². The van der Waals surface area contributed by atoms with E-state index in [9.17, 15) is 13.7 Å². The monoisotopic (exact) mass is 448 g/mol. The van der Waals surface area contributed by atoms with Crippen LogP contribution in [-0.4, -0.2) is 32.0 Å². The highest BCUT2D eigenvalue weighted by atomic mass is 32.2. The number of nitrogens with zero attached hydrogens (tertiary/aromatic N) is 3. The summed E-state index contributed by atoms with van der Waals surface area (Å²) in [6.45, 7) is 0.658. The Morgan fingerprint density at radius 1 is 1.12 bits per heavy atom. The number of hydrogen-bond donors (Lipinski definition) is 1. The van der Waals surface area contributed by atoms with Crippen molar-refractivity contribution in [3.63, 3.8) is 0 Å². The number of hydrogen-bond acceptors (Lipinski definition) is 6. The van der Waals surface area contributed by atoms with Crippen molar-refractivity contribution in [3.05, 3.63) is 77.2 Å². The molecule has 8 heteroatoms. The zero-order valence-corrected chi connectivity index (χ0v) is 18.6. The summed E-state index contributed by atoms with van der Waals surface area (Å²) in [6.07, 6.45) is 4.61. The second-order valence-electron chi connectivity index (χ2n) is 7.89. The van der Waals surface area contributed by atoms with E-state index in [2.05, 4.69) is 20.8 Å². The average molecular weight is 449 g/mol. The molecule has 0 saturated heterocycles. The Balaban J connectivity index is 1.48. The number of aromatic nitrogens is 2. The smallest absolute Gasteiger partial charge is 0.215 e. The van der Waals surface area contributed by atoms with Crippen LogP contribution in [0.25, 0.3) is 11.3 Å². The van der Waals surface area contributed by atoms with E-state index in [1.807, 2.05) is 30.3 Å². The van der Waals surface area contributed by atoms with Crippen LogP contribution in [0.5, 0.6) is 5.75 Å². The maximum atomic E-state index is 11.7. The highest BCUT2D eigenvalue weighted by molar-refractivity contribution is 7.88. The first-order chi connectivity index (χ1) is 15.5. The van der Waals surface area contributed by atoms with E-state index in [1.54, 1.807) is 24.4 Å². The zero-order chi connectivity index (χ0) is 22.6. The zero-order valence-electron chi connectivity index (χ0n) is 17.8. The molecule has 0 aliphatic heterocycles. The maximum Gasteiger partial charge on any atom is 0.215 e. The molecule has 3 aromatic rings. The van der Waals surface area contributed by atoms with Gasteiger partial charge in [-0.2, -0.15) is 5.26 Å². The molecule has 7 nitrogen and oxygen atoms in total. The van der Waals surface area contributed by atoms with Crippen LogP contribution in [0.4, 0.5) is 0 Å². The summed E-state index contributed by atoms with van der Waals surface area (Å²) >= 11 is 0. The van der Waals surface area contributed by atoms with E-state index in [0.29, 0.717) is 41.6 Å². The predicted molar refractivity (Wildman–Crippen MR) is 121 cm³/mol. The molecule has 1 heterocycles. The maximum absolute atomic E-state index is 11.7. The van der Waals surface area contributed by atoms with Crippen LogP contribution in [0.1, 0.15) is 35.4 Å². The Morgan fingerprint density at radius 2 is 1.88 bits per heavy atom. The van der Waals surface area contributed by atoms with Gasteiger partial charge >= 0.3 is 0 Å². The Bertz CT molecular complexity index is 1250. The average Bonchev–Trinajstić information content (AvgIpc) is 3.63. The fourth-order valence-corrected chi connectivity index (χ4v) is 4.04. The van der Waals surface area contributed by atoms with Gasteiger partial charge in [-0.3, -0.25) is 0 Å². The van der Waals surface area contributed by atoms with Gasteiger partial charge in [0.1, 0.15) is 17.6 Å². The molecule has 0 unspecified atom stereocenters. The molecule has 0 spiro atoms. The summed E-state index contributed by atoms with van der Waals surface area (Å²) in [4.78, 5) is 9.02. The summed E-state index contributed by atoms with van der Waals surface area (Å²) in [6, 6.07) is 16.9. The van der Waals surface area contributed by atoms with E-state index in [1.165, 1.54) is 19.9 Å². The lowest BCUT2D eigenvalue weighted by Gasteiger charge is -2.09. The van der Waals surface area contributed by atoms with E-state index >= 15 is 0 Å². The van der Waals surface area contributed by atoms with Crippen LogP contribution in [0.3, 0.4) is 0 Å². The number of nitriles is 1. The van der Waals surface area contributed by atoms with Crippen molar-refractivity contribution < 1.29 is 13.2 Å². The Hall–Kier alpha value is -3.28. The third-order valence-electron chi connectivity index (χ3n) is 5.33. The molecule has 164 valence electrons. The van der Waals surface area contributed by atoms with E-state index < -0.39 is 10.0 Å². The van der Waals surface area contributed by atoms with Gasteiger partial charge in [-0.05, 0) is 61.2 Å². The van der Waals surface area contributed by atoms with E-state index in [-0.39, 0.29) is 5.75 Å². The molecule has 1 N–H and O–H groups in total. The summed E-state index contributed by atoms with van der Waals surface area (Å²) in [5.41, 5.74) is 3.75. The Labute approximate surface area is 188 Å². The quantitative estimate of drug-likeness (QED) is 0.538.